The average molecular weight is 307 g/mol. The van der Waals surface area contributed by atoms with E-state index in [1.54, 1.807) is 30.6 Å². The predicted octanol–water partition coefficient (Wildman–Crippen LogP) is 2.96. The Morgan fingerprint density at radius 3 is 2.78 bits per heavy atom. The summed E-state index contributed by atoms with van der Waals surface area (Å²) in [7, 11) is 1.93. The maximum atomic E-state index is 12.2. The molecule has 2 aromatic carbocycles. The van der Waals surface area contributed by atoms with Gasteiger partial charge in [0.2, 0.25) is 5.91 Å². The number of nitrogens with one attached hydrogen (secondary N) is 1. The average Bonchev–Trinajstić information content (AvgIpc) is 2.88. The number of benzene rings is 2. The van der Waals surface area contributed by atoms with E-state index in [1.165, 1.54) is 6.92 Å². The van der Waals surface area contributed by atoms with E-state index < -0.39 is 0 Å². The number of nitrogens with zero attached hydrogens (tertiary/aromatic N) is 2. The summed E-state index contributed by atoms with van der Waals surface area (Å²) in [6.07, 6.45) is 2.01. The summed E-state index contributed by atoms with van der Waals surface area (Å²) < 4.78 is 1.94. The van der Waals surface area contributed by atoms with Crippen molar-refractivity contribution >= 4 is 28.4 Å². The third-order valence-electron chi connectivity index (χ3n) is 3.71. The van der Waals surface area contributed by atoms with Crippen molar-refractivity contribution in [2.45, 2.75) is 13.3 Å². The molecule has 5 heteroatoms. The maximum absolute atomic E-state index is 12.2. The van der Waals surface area contributed by atoms with Crippen LogP contribution in [0.3, 0.4) is 0 Å². The number of ketones is 1. The number of amides is 1. The second-order valence-electron chi connectivity index (χ2n) is 5.54. The largest absolute Gasteiger partial charge is 0.334 e. The Morgan fingerprint density at radius 2 is 2.00 bits per heavy atom. The molecule has 0 atom stereocenters. The van der Waals surface area contributed by atoms with Crippen molar-refractivity contribution in [3.8, 4) is 0 Å². The van der Waals surface area contributed by atoms with Gasteiger partial charge in [-0.2, -0.15) is 0 Å². The molecule has 1 N–H and O–H groups in total. The lowest BCUT2D eigenvalue weighted by Gasteiger charge is -2.07. The van der Waals surface area contributed by atoms with Gasteiger partial charge in [0.1, 0.15) is 0 Å². The van der Waals surface area contributed by atoms with Gasteiger partial charge in [-0.15, -0.1) is 0 Å². The van der Waals surface area contributed by atoms with Crippen LogP contribution in [-0.4, -0.2) is 21.2 Å². The highest BCUT2D eigenvalue weighted by Crippen LogP contribution is 2.16. The van der Waals surface area contributed by atoms with Gasteiger partial charge >= 0.3 is 0 Å². The topological polar surface area (TPSA) is 64.0 Å². The van der Waals surface area contributed by atoms with Gasteiger partial charge in [0, 0.05) is 18.3 Å². The molecule has 0 saturated carbocycles. The number of anilines is 1. The summed E-state index contributed by atoms with van der Waals surface area (Å²) in [5.74, 6) is -0.150. The van der Waals surface area contributed by atoms with Crippen LogP contribution in [0, 0.1) is 0 Å². The van der Waals surface area contributed by atoms with Crippen LogP contribution in [0.5, 0.6) is 0 Å². The van der Waals surface area contributed by atoms with Crippen molar-refractivity contribution in [3.63, 3.8) is 0 Å². The number of hydrogen-bond acceptors (Lipinski definition) is 3. The van der Waals surface area contributed by atoms with Crippen LogP contribution in [0.25, 0.3) is 11.0 Å². The summed E-state index contributed by atoms with van der Waals surface area (Å²) in [5, 5.41) is 2.82. The number of imidazole rings is 1. The van der Waals surface area contributed by atoms with Gasteiger partial charge in [-0.1, -0.05) is 18.2 Å². The summed E-state index contributed by atoms with van der Waals surface area (Å²) in [6.45, 7) is 1.50. The van der Waals surface area contributed by atoms with Crippen LogP contribution in [0.15, 0.2) is 48.8 Å². The highest BCUT2D eigenvalue weighted by atomic mass is 16.1. The van der Waals surface area contributed by atoms with Crippen LogP contribution in [0.4, 0.5) is 5.69 Å². The Balaban J connectivity index is 1.73. The molecule has 0 saturated heterocycles. The zero-order valence-corrected chi connectivity index (χ0v) is 13.0. The van der Waals surface area contributed by atoms with Gasteiger partial charge in [0.25, 0.3) is 0 Å². The fraction of sp³-hybridized carbons (Fsp3) is 0.167. The van der Waals surface area contributed by atoms with E-state index in [-0.39, 0.29) is 18.1 Å². The number of Topliss-reactive ketones (excluding diaryl/α,β-unsaturated/α-hetero) is 1. The van der Waals surface area contributed by atoms with Crippen molar-refractivity contribution in [1.29, 1.82) is 0 Å². The molecule has 116 valence electrons. The van der Waals surface area contributed by atoms with Crippen molar-refractivity contribution in [2.75, 3.05) is 5.32 Å². The van der Waals surface area contributed by atoms with E-state index in [2.05, 4.69) is 10.3 Å². The number of hydrogen-bond donors (Lipinski definition) is 1. The molecule has 3 aromatic rings. The zero-order valence-electron chi connectivity index (χ0n) is 13.0. The summed E-state index contributed by atoms with van der Waals surface area (Å²) in [5.41, 5.74) is 4.01. The highest BCUT2D eigenvalue weighted by Gasteiger charge is 2.08. The molecule has 0 bridgehead atoms. The lowest BCUT2D eigenvalue weighted by molar-refractivity contribution is -0.115. The van der Waals surface area contributed by atoms with Crippen molar-refractivity contribution < 1.29 is 9.59 Å². The number of fused-ring (bicyclic) bond motifs is 1. The molecule has 0 fully saturated rings. The molecule has 0 aliphatic carbocycles. The van der Waals surface area contributed by atoms with E-state index in [1.807, 2.05) is 29.8 Å². The third-order valence-corrected chi connectivity index (χ3v) is 3.71. The fourth-order valence-electron chi connectivity index (χ4n) is 2.50. The van der Waals surface area contributed by atoms with E-state index in [4.69, 9.17) is 0 Å². The molecular weight excluding hydrogens is 290 g/mol. The smallest absolute Gasteiger partial charge is 0.228 e. The number of carbonyl (C=O) groups is 2. The van der Waals surface area contributed by atoms with Gasteiger partial charge < -0.3 is 9.88 Å². The molecule has 0 spiro atoms. The Labute approximate surface area is 134 Å². The molecule has 23 heavy (non-hydrogen) atoms. The molecule has 3 rings (SSSR count). The van der Waals surface area contributed by atoms with Gasteiger partial charge in [0.15, 0.2) is 5.78 Å². The minimum absolute atomic E-state index is 0.0262. The first kappa shape index (κ1) is 15.0. The third kappa shape index (κ3) is 3.29. The predicted molar refractivity (Wildman–Crippen MR) is 89.5 cm³/mol. The Bertz CT molecular complexity index is 896. The normalized spacial score (nSPS) is 10.7. The second-order valence-corrected chi connectivity index (χ2v) is 5.54. The molecule has 1 aromatic heterocycles. The maximum Gasteiger partial charge on any atom is 0.228 e. The fourth-order valence-corrected chi connectivity index (χ4v) is 2.50. The number of carbonyl (C=O) groups excluding carboxylic acids is 2. The summed E-state index contributed by atoms with van der Waals surface area (Å²) in [6, 6.07) is 12.7. The van der Waals surface area contributed by atoms with E-state index in [9.17, 15) is 9.59 Å². The molecule has 1 heterocycles. The van der Waals surface area contributed by atoms with E-state index in [0.29, 0.717) is 11.3 Å². The minimum atomic E-state index is -0.124. The molecule has 0 radical (unpaired) electrons. The van der Waals surface area contributed by atoms with Crippen LogP contribution < -0.4 is 5.32 Å². The van der Waals surface area contributed by atoms with Gasteiger partial charge in [-0.25, -0.2) is 4.98 Å². The second kappa shape index (κ2) is 6.04. The van der Waals surface area contributed by atoms with Crippen molar-refractivity contribution in [1.82, 2.24) is 9.55 Å². The van der Waals surface area contributed by atoms with Crippen LogP contribution in [-0.2, 0) is 18.3 Å². The van der Waals surface area contributed by atoms with Gasteiger partial charge in [0.05, 0.1) is 23.8 Å². The number of aryl methyl sites for hydroxylation is 1. The monoisotopic (exact) mass is 307 g/mol. The molecule has 0 unspecified atom stereocenters. The molecule has 0 aliphatic heterocycles. The highest BCUT2D eigenvalue weighted by molar-refractivity contribution is 5.97. The van der Waals surface area contributed by atoms with E-state index in [0.717, 1.165) is 16.6 Å². The van der Waals surface area contributed by atoms with Gasteiger partial charge in [-0.3, -0.25) is 9.59 Å². The standard InChI is InChI=1S/C18H17N3O2/c1-12(22)14-4-3-5-15(10-14)20-18(23)9-13-6-7-17-16(8-13)19-11-21(17)2/h3-8,10-11H,9H2,1-2H3,(H,20,23). The molecule has 5 nitrogen and oxygen atoms in total. The Morgan fingerprint density at radius 1 is 1.17 bits per heavy atom. The first-order valence-electron chi connectivity index (χ1n) is 7.34. The van der Waals surface area contributed by atoms with E-state index >= 15 is 0 Å². The summed E-state index contributed by atoms with van der Waals surface area (Å²) >= 11 is 0. The quantitative estimate of drug-likeness (QED) is 0.754. The molecule has 1 amide bonds. The van der Waals surface area contributed by atoms with Crippen LogP contribution in [0.1, 0.15) is 22.8 Å². The van der Waals surface area contributed by atoms with Gasteiger partial charge in [-0.05, 0) is 36.8 Å². The Hall–Kier alpha value is -2.95. The Kier molecular flexibility index (Phi) is 3.93. The minimum Gasteiger partial charge on any atom is -0.334 e. The van der Waals surface area contributed by atoms with Crippen LogP contribution >= 0.6 is 0 Å². The van der Waals surface area contributed by atoms with Crippen LogP contribution in [0.2, 0.25) is 0 Å². The molecule has 0 aliphatic rings. The zero-order chi connectivity index (χ0) is 16.4. The number of aromatic nitrogens is 2. The first-order valence-corrected chi connectivity index (χ1v) is 7.34. The SMILES string of the molecule is CC(=O)c1cccc(NC(=O)Cc2ccc3c(c2)ncn3C)c1. The number of rotatable bonds is 4. The van der Waals surface area contributed by atoms with Crippen molar-refractivity contribution in [3.05, 3.63) is 59.9 Å². The lowest BCUT2D eigenvalue weighted by Crippen LogP contribution is -2.14. The van der Waals surface area contributed by atoms with Crippen molar-refractivity contribution in [2.24, 2.45) is 7.05 Å². The first-order chi connectivity index (χ1) is 11.0. The lowest BCUT2D eigenvalue weighted by atomic mass is 10.1. The molecular formula is C18H17N3O2. The summed E-state index contributed by atoms with van der Waals surface area (Å²) in [4.78, 5) is 27.9.